The topological polar surface area (TPSA) is 30.7 Å². The number of nitrogens with zero attached hydrogens (tertiary/aromatic N) is 3. The minimum absolute atomic E-state index is 1.08. The van der Waals surface area contributed by atoms with Crippen LogP contribution in [0.15, 0.2) is 104 Å². The van der Waals surface area contributed by atoms with Gasteiger partial charge in [0.2, 0.25) is 0 Å². The molecular weight excluding hydrogens is 354 g/mol. The Balaban J connectivity index is 1.43. The number of rotatable bonds is 4. The number of benzene rings is 3. The lowest BCUT2D eigenvalue weighted by Gasteiger charge is -2.03. The average Bonchev–Trinajstić information content (AvgIpc) is 3.21. The first-order valence-electron chi connectivity index (χ1n) is 9.58. The van der Waals surface area contributed by atoms with E-state index in [2.05, 4.69) is 82.9 Å². The monoisotopic (exact) mass is 373 g/mol. The maximum atomic E-state index is 4.53. The van der Waals surface area contributed by atoms with Gasteiger partial charge < -0.3 is 0 Å². The van der Waals surface area contributed by atoms with E-state index in [-0.39, 0.29) is 0 Å². The fourth-order valence-corrected chi connectivity index (χ4v) is 3.45. The zero-order valence-electron chi connectivity index (χ0n) is 15.8. The van der Waals surface area contributed by atoms with E-state index in [0.717, 1.165) is 27.6 Å². The SMILES string of the molecule is C(=Cn1ncc2ccc(-c3ccncc3)cc21)c1ccc(-c2ccccc2)cc1. The summed E-state index contributed by atoms with van der Waals surface area (Å²) in [6.45, 7) is 0. The van der Waals surface area contributed by atoms with Crippen LogP contribution in [0.5, 0.6) is 0 Å². The molecular formula is C26H19N3. The summed E-state index contributed by atoms with van der Waals surface area (Å²) >= 11 is 0. The maximum Gasteiger partial charge on any atom is 0.0740 e. The van der Waals surface area contributed by atoms with E-state index in [1.165, 1.54) is 11.1 Å². The molecule has 0 atom stereocenters. The van der Waals surface area contributed by atoms with Crippen LogP contribution in [0.2, 0.25) is 0 Å². The summed E-state index contributed by atoms with van der Waals surface area (Å²) in [5.74, 6) is 0. The Labute approximate surface area is 169 Å². The number of hydrogen-bond acceptors (Lipinski definition) is 2. The molecule has 0 saturated heterocycles. The van der Waals surface area contributed by atoms with E-state index in [1.54, 1.807) is 0 Å². The third kappa shape index (κ3) is 3.58. The molecule has 138 valence electrons. The summed E-state index contributed by atoms with van der Waals surface area (Å²) in [6.07, 6.45) is 9.62. The summed E-state index contributed by atoms with van der Waals surface area (Å²) < 4.78 is 1.92. The molecule has 0 aliphatic heterocycles. The largest absolute Gasteiger partial charge is 0.265 e. The lowest BCUT2D eigenvalue weighted by Crippen LogP contribution is -1.88. The summed E-state index contributed by atoms with van der Waals surface area (Å²) in [7, 11) is 0. The van der Waals surface area contributed by atoms with Crippen LogP contribution in [0.1, 0.15) is 5.56 Å². The molecule has 0 saturated carbocycles. The summed E-state index contributed by atoms with van der Waals surface area (Å²) in [6, 6.07) is 29.4. The Kier molecular flexibility index (Phi) is 4.47. The molecule has 0 radical (unpaired) electrons. The Bertz CT molecular complexity index is 1270. The van der Waals surface area contributed by atoms with Crippen LogP contribution in [0.4, 0.5) is 0 Å². The van der Waals surface area contributed by atoms with E-state index in [9.17, 15) is 0 Å². The summed E-state index contributed by atoms with van der Waals surface area (Å²) in [4.78, 5) is 4.10. The standard InChI is InChI=1S/C26H19N3/c1-2-4-21(5-3-1)22-8-6-20(7-9-22)14-17-29-26-18-24(10-11-25(26)19-28-29)23-12-15-27-16-13-23/h1-19H. The molecule has 0 spiro atoms. The van der Waals surface area contributed by atoms with Crippen LogP contribution < -0.4 is 0 Å². The smallest absolute Gasteiger partial charge is 0.0740 e. The van der Waals surface area contributed by atoms with Crippen molar-refractivity contribution in [3.05, 3.63) is 109 Å². The van der Waals surface area contributed by atoms with Crippen LogP contribution in [0.3, 0.4) is 0 Å². The van der Waals surface area contributed by atoms with Gasteiger partial charge in [0.25, 0.3) is 0 Å². The first-order chi connectivity index (χ1) is 14.4. The number of fused-ring (bicyclic) bond motifs is 1. The van der Waals surface area contributed by atoms with Crippen LogP contribution in [0, 0.1) is 0 Å². The highest BCUT2D eigenvalue weighted by atomic mass is 15.3. The number of aromatic nitrogens is 3. The van der Waals surface area contributed by atoms with Crippen molar-refractivity contribution in [2.45, 2.75) is 0 Å². The Morgan fingerprint density at radius 2 is 1.34 bits per heavy atom. The van der Waals surface area contributed by atoms with Crippen LogP contribution in [-0.2, 0) is 0 Å². The highest BCUT2D eigenvalue weighted by molar-refractivity contribution is 5.86. The molecule has 0 unspecified atom stereocenters. The van der Waals surface area contributed by atoms with Gasteiger partial charge in [-0.05, 0) is 52.1 Å². The summed E-state index contributed by atoms with van der Waals surface area (Å²) in [5, 5.41) is 5.65. The van der Waals surface area contributed by atoms with Crippen molar-refractivity contribution in [2.75, 3.05) is 0 Å². The minimum Gasteiger partial charge on any atom is -0.265 e. The van der Waals surface area contributed by atoms with Gasteiger partial charge in [-0.2, -0.15) is 5.10 Å². The molecule has 2 aromatic heterocycles. The molecule has 2 heterocycles. The highest BCUT2D eigenvalue weighted by Gasteiger charge is 2.04. The minimum atomic E-state index is 1.08. The summed E-state index contributed by atoms with van der Waals surface area (Å²) in [5.41, 5.74) is 6.96. The second-order valence-corrected chi connectivity index (χ2v) is 6.90. The van der Waals surface area contributed by atoms with Crippen molar-refractivity contribution in [3.63, 3.8) is 0 Å². The van der Waals surface area contributed by atoms with Crippen molar-refractivity contribution in [1.29, 1.82) is 0 Å². The molecule has 29 heavy (non-hydrogen) atoms. The van der Waals surface area contributed by atoms with Crippen molar-refractivity contribution in [1.82, 2.24) is 14.8 Å². The Morgan fingerprint density at radius 3 is 2.14 bits per heavy atom. The number of hydrogen-bond donors (Lipinski definition) is 0. The predicted octanol–water partition coefficient (Wildman–Crippen LogP) is 6.39. The third-order valence-corrected chi connectivity index (χ3v) is 5.04. The Morgan fingerprint density at radius 1 is 0.655 bits per heavy atom. The van der Waals surface area contributed by atoms with E-state index >= 15 is 0 Å². The van der Waals surface area contributed by atoms with E-state index < -0.39 is 0 Å². The molecule has 5 rings (SSSR count). The van der Waals surface area contributed by atoms with Crippen molar-refractivity contribution in [3.8, 4) is 22.3 Å². The van der Waals surface area contributed by atoms with Crippen molar-refractivity contribution < 1.29 is 0 Å². The molecule has 0 N–H and O–H groups in total. The third-order valence-electron chi connectivity index (χ3n) is 5.04. The molecule has 0 fully saturated rings. The quantitative estimate of drug-likeness (QED) is 0.365. The Hall–Kier alpha value is -3.98. The van der Waals surface area contributed by atoms with Crippen LogP contribution in [0.25, 0.3) is 45.4 Å². The molecule has 5 aromatic rings. The van der Waals surface area contributed by atoms with E-state index in [0.29, 0.717) is 0 Å². The first kappa shape index (κ1) is 17.1. The molecule has 3 heteroatoms. The number of pyridine rings is 1. The van der Waals surface area contributed by atoms with Gasteiger partial charge in [-0.1, -0.05) is 66.7 Å². The van der Waals surface area contributed by atoms with Gasteiger partial charge in [-0.3, -0.25) is 4.98 Å². The van der Waals surface area contributed by atoms with E-state index in [4.69, 9.17) is 0 Å². The maximum absolute atomic E-state index is 4.53. The fourth-order valence-electron chi connectivity index (χ4n) is 3.45. The second-order valence-electron chi connectivity index (χ2n) is 6.90. The van der Waals surface area contributed by atoms with Gasteiger partial charge >= 0.3 is 0 Å². The average molecular weight is 373 g/mol. The first-order valence-corrected chi connectivity index (χ1v) is 9.58. The van der Waals surface area contributed by atoms with Gasteiger partial charge in [0.1, 0.15) is 0 Å². The predicted molar refractivity (Wildman–Crippen MR) is 120 cm³/mol. The molecule has 3 aromatic carbocycles. The lowest BCUT2D eigenvalue weighted by molar-refractivity contribution is 0.969. The molecule has 0 aliphatic rings. The fraction of sp³-hybridized carbons (Fsp3) is 0. The molecule has 0 aliphatic carbocycles. The lowest BCUT2D eigenvalue weighted by atomic mass is 10.0. The molecule has 0 bridgehead atoms. The van der Waals surface area contributed by atoms with Crippen molar-refractivity contribution in [2.24, 2.45) is 0 Å². The van der Waals surface area contributed by atoms with Gasteiger partial charge in [0.05, 0.1) is 11.7 Å². The zero-order valence-corrected chi connectivity index (χ0v) is 15.8. The zero-order chi connectivity index (χ0) is 19.5. The van der Waals surface area contributed by atoms with E-state index in [1.807, 2.05) is 47.7 Å². The highest BCUT2D eigenvalue weighted by Crippen LogP contribution is 2.24. The van der Waals surface area contributed by atoms with Gasteiger partial charge in [0, 0.05) is 24.0 Å². The normalized spacial score (nSPS) is 11.3. The van der Waals surface area contributed by atoms with Crippen LogP contribution in [-0.4, -0.2) is 14.8 Å². The van der Waals surface area contributed by atoms with Gasteiger partial charge in [0.15, 0.2) is 0 Å². The molecule has 0 amide bonds. The second kappa shape index (κ2) is 7.56. The van der Waals surface area contributed by atoms with Gasteiger partial charge in [-0.25, -0.2) is 4.68 Å². The van der Waals surface area contributed by atoms with Crippen molar-refractivity contribution >= 4 is 23.2 Å². The van der Waals surface area contributed by atoms with Crippen LogP contribution >= 0.6 is 0 Å². The van der Waals surface area contributed by atoms with Gasteiger partial charge in [-0.15, -0.1) is 0 Å². The molecule has 3 nitrogen and oxygen atoms in total.